The molecule has 1 N–H and O–H groups in total. The SMILES string of the molecule is CCOC(=O)c1c(N2C(=O)c3c(Cl)ccc(NS(=O)(=O)c4ccc(C(C)(C)C)cc4)c3C2=O)ccc[n+]1[O-]. The maximum absolute atomic E-state index is 13.6. The van der Waals surface area contributed by atoms with Crippen molar-refractivity contribution >= 4 is 50.8 Å². The van der Waals surface area contributed by atoms with Gasteiger partial charge in [0.15, 0.2) is 6.20 Å². The third-order valence-corrected chi connectivity index (χ3v) is 7.61. The van der Waals surface area contributed by atoms with Gasteiger partial charge in [-0.3, -0.25) is 14.3 Å². The fourth-order valence-corrected chi connectivity index (χ4v) is 5.33. The fourth-order valence-electron chi connectivity index (χ4n) is 4.02. The van der Waals surface area contributed by atoms with E-state index in [4.69, 9.17) is 16.3 Å². The van der Waals surface area contributed by atoms with Crippen molar-refractivity contribution in [1.82, 2.24) is 0 Å². The summed E-state index contributed by atoms with van der Waals surface area (Å²) >= 11 is 6.25. The van der Waals surface area contributed by atoms with Crippen LogP contribution in [-0.2, 0) is 20.2 Å². The largest absolute Gasteiger partial charge is 0.618 e. The normalized spacial score (nSPS) is 13.4. The molecule has 3 aromatic rings. The van der Waals surface area contributed by atoms with Gasteiger partial charge in [0.05, 0.1) is 33.3 Å². The number of rotatable bonds is 6. The number of anilines is 2. The van der Waals surface area contributed by atoms with Gasteiger partial charge < -0.3 is 9.94 Å². The number of halogens is 1. The number of amides is 2. The van der Waals surface area contributed by atoms with Crippen LogP contribution in [0.2, 0.25) is 5.02 Å². The standard InChI is InChI=1S/C26H24ClN3O7S/c1-5-37-25(33)22-19(7-6-14-29(22)34)30-23(31)20-17(27)12-13-18(21(20)24(30)32)28-38(35,36)16-10-8-15(9-11-16)26(2,3)4/h6-14,28H,5H2,1-4H3. The molecule has 0 spiro atoms. The Morgan fingerprint density at radius 3 is 2.29 bits per heavy atom. The Kier molecular flexibility index (Phi) is 6.94. The first kappa shape index (κ1) is 27.1. The predicted octanol–water partition coefficient (Wildman–Crippen LogP) is 4.05. The van der Waals surface area contributed by atoms with Crippen molar-refractivity contribution in [2.75, 3.05) is 16.2 Å². The number of nitrogens with one attached hydrogen (secondary N) is 1. The van der Waals surface area contributed by atoms with Crippen molar-refractivity contribution in [3.8, 4) is 0 Å². The number of pyridine rings is 1. The summed E-state index contributed by atoms with van der Waals surface area (Å²) in [6.07, 6.45) is 1.02. The number of hydrogen-bond acceptors (Lipinski definition) is 7. The van der Waals surface area contributed by atoms with E-state index in [1.165, 1.54) is 43.3 Å². The van der Waals surface area contributed by atoms with Crippen molar-refractivity contribution in [3.05, 3.63) is 87.3 Å². The third-order valence-electron chi connectivity index (χ3n) is 5.91. The fraction of sp³-hybridized carbons (Fsp3) is 0.231. The maximum Gasteiger partial charge on any atom is 0.407 e. The minimum absolute atomic E-state index is 0.0518. The van der Waals surface area contributed by atoms with Crippen molar-refractivity contribution in [2.24, 2.45) is 0 Å². The molecule has 1 aromatic heterocycles. The van der Waals surface area contributed by atoms with E-state index in [1.54, 1.807) is 12.1 Å². The average Bonchev–Trinajstić information content (AvgIpc) is 3.11. The van der Waals surface area contributed by atoms with Gasteiger partial charge in [0, 0.05) is 6.07 Å². The van der Waals surface area contributed by atoms with Crippen LogP contribution in [0.5, 0.6) is 0 Å². The summed E-state index contributed by atoms with van der Waals surface area (Å²) < 4.78 is 33.8. The molecule has 0 bridgehead atoms. The van der Waals surface area contributed by atoms with Crippen LogP contribution < -0.4 is 14.4 Å². The van der Waals surface area contributed by atoms with Gasteiger partial charge >= 0.3 is 11.7 Å². The van der Waals surface area contributed by atoms with E-state index < -0.39 is 33.5 Å². The molecule has 0 unspecified atom stereocenters. The molecule has 2 aromatic carbocycles. The Hall–Kier alpha value is -3.96. The van der Waals surface area contributed by atoms with Crippen LogP contribution in [0, 0.1) is 5.21 Å². The number of hydrogen-bond donors (Lipinski definition) is 1. The van der Waals surface area contributed by atoms with Crippen molar-refractivity contribution in [1.29, 1.82) is 0 Å². The van der Waals surface area contributed by atoms with E-state index in [1.807, 2.05) is 20.8 Å². The lowest BCUT2D eigenvalue weighted by molar-refractivity contribution is -0.607. The summed E-state index contributed by atoms with van der Waals surface area (Å²) in [4.78, 5) is 40.0. The van der Waals surface area contributed by atoms with E-state index in [2.05, 4.69) is 4.72 Å². The van der Waals surface area contributed by atoms with Crippen LogP contribution in [-0.4, -0.2) is 32.8 Å². The zero-order valence-corrected chi connectivity index (χ0v) is 22.5. The second-order valence-corrected chi connectivity index (χ2v) is 11.5. The topological polar surface area (TPSA) is 137 Å². The van der Waals surface area contributed by atoms with E-state index >= 15 is 0 Å². The van der Waals surface area contributed by atoms with Crippen molar-refractivity contribution in [3.63, 3.8) is 0 Å². The molecule has 0 saturated carbocycles. The molecule has 1 aliphatic rings. The molecule has 0 atom stereocenters. The summed E-state index contributed by atoms with van der Waals surface area (Å²) in [7, 11) is -4.17. The highest BCUT2D eigenvalue weighted by molar-refractivity contribution is 7.92. The van der Waals surface area contributed by atoms with Crippen LogP contribution in [0.15, 0.2) is 59.6 Å². The number of ether oxygens (including phenoxy) is 1. The van der Waals surface area contributed by atoms with E-state index in [-0.39, 0.29) is 49.2 Å². The molecule has 4 rings (SSSR count). The average molecular weight is 558 g/mol. The first-order valence-corrected chi connectivity index (χ1v) is 13.4. The summed E-state index contributed by atoms with van der Waals surface area (Å²) in [5.74, 6) is -2.94. The second kappa shape index (κ2) is 9.73. The highest BCUT2D eigenvalue weighted by atomic mass is 35.5. The molecule has 1 aliphatic heterocycles. The molecule has 0 saturated heterocycles. The summed E-state index contributed by atoms with van der Waals surface area (Å²) in [5.41, 5.74) is -0.935. The van der Waals surface area contributed by atoms with Gasteiger partial charge in [-0.25, -0.2) is 18.1 Å². The Labute approximate surface area is 224 Å². The molecular formula is C26H24ClN3O7S. The van der Waals surface area contributed by atoms with Gasteiger partial charge in [0.1, 0.15) is 5.69 Å². The Morgan fingerprint density at radius 1 is 1.05 bits per heavy atom. The summed E-state index contributed by atoms with van der Waals surface area (Å²) in [5, 5.41) is 12.3. The lowest BCUT2D eigenvalue weighted by atomic mass is 9.87. The second-order valence-electron chi connectivity index (χ2n) is 9.46. The molecule has 38 heavy (non-hydrogen) atoms. The van der Waals surface area contributed by atoms with Gasteiger partial charge in [0.25, 0.3) is 21.8 Å². The van der Waals surface area contributed by atoms with Crippen LogP contribution in [0.1, 0.15) is 64.5 Å². The number of carbonyl (C=O) groups excluding carboxylic acids is 3. The molecule has 10 nitrogen and oxygen atoms in total. The zero-order chi connectivity index (χ0) is 28.0. The Bertz CT molecular complexity index is 1580. The first-order chi connectivity index (χ1) is 17.8. The highest BCUT2D eigenvalue weighted by Crippen LogP contribution is 2.38. The quantitative estimate of drug-likeness (QED) is 0.209. The lowest BCUT2D eigenvalue weighted by Gasteiger charge is -2.19. The number of aromatic nitrogens is 1. The van der Waals surface area contributed by atoms with Crippen molar-refractivity contribution < 1.29 is 32.3 Å². The Balaban J connectivity index is 1.78. The Morgan fingerprint density at radius 2 is 1.68 bits per heavy atom. The number of imide groups is 1. The summed E-state index contributed by atoms with van der Waals surface area (Å²) in [6, 6.07) is 11.3. The summed E-state index contributed by atoms with van der Waals surface area (Å²) in [6.45, 7) is 7.47. The number of nitrogens with zero attached hydrogens (tertiary/aromatic N) is 2. The van der Waals surface area contributed by atoms with Gasteiger partial charge in [-0.15, -0.1) is 0 Å². The highest BCUT2D eigenvalue weighted by Gasteiger charge is 2.44. The number of carbonyl (C=O) groups is 3. The number of esters is 1. The molecule has 2 amide bonds. The minimum atomic E-state index is -4.17. The van der Waals surface area contributed by atoms with Crippen LogP contribution >= 0.6 is 11.6 Å². The number of sulfonamides is 1. The third kappa shape index (κ3) is 4.70. The smallest absolute Gasteiger partial charge is 0.407 e. The van der Waals surface area contributed by atoms with Crippen LogP contribution in [0.25, 0.3) is 0 Å². The first-order valence-electron chi connectivity index (χ1n) is 11.5. The molecule has 0 radical (unpaired) electrons. The molecule has 2 heterocycles. The maximum atomic E-state index is 13.6. The minimum Gasteiger partial charge on any atom is -0.618 e. The number of fused-ring (bicyclic) bond motifs is 1. The molecule has 198 valence electrons. The predicted molar refractivity (Wildman–Crippen MR) is 140 cm³/mol. The van der Waals surface area contributed by atoms with E-state index in [0.717, 1.165) is 11.8 Å². The lowest BCUT2D eigenvalue weighted by Crippen LogP contribution is -2.40. The molecule has 0 fully saturated rings. The van der Waals surface area contributed by atoms with Gasteiger partial charge in [0.2, 0.25) is 0 Å². The molecule has 0 aliphatic carbocycles. The van der Waals surface area contributed by atoms with Gasteiger partial charge in [-0.1, -0.05) is 44.5 Å². The monoisotopic (exact) mass is 557 g/mol. The van der Waals surface area contributed by atoms with Crippen molar-refractivity contribution in [2.45, 2.75) is 38.0 Å². The molecular weight excluding hydrogens is 534 g/mol. The zero-order valence-electron chi connectivity index (χ0n) is 20.9. The van der Waals surface area contributed by atoms with Gasteiger partial charge in [-0.05, 0) is 48.2 Å². The van der Waals surface area contributed by atoms with E-state index in [9.17, 15) is 28.0 Å². The van der Waals surface area contributed by atoms with Crippen LogP contribution in [0.3, 0.4) is 0 Å². The number of benzene rings is 2. The van der Waals surface area contributed by atoms with Gasteiger partial charge in [-0.2, -0.15) is 4.73 Å². The molecule has 12 heteroatoms. The van der Waals surface area contributed by atoms with Crippen LogP contribution in [0.4, 0.5) is 11.4 Å². The van der Waals surface area contributed by atoms with E-state index in [0.29, 0.717) is 4.90 Å².